The molecule has 1 saturated carbocycles. The fourth-order valence-electron chi connectivity index (χ4n) is 2.14. The summed E-state index contributed by atoms with van der Waals surface area (Å²) in [5.41, 5.74) is 0.485. The van der Waals surface area contributed by atoms with Gasteiger partial charge in [-0.25, -0.2) is 9.48 Å². The lowest BCUT2D eigenvalue weighted by molar-refractivity contribution is -0.139. The number of rotatable bonds is 4. The van der Waals surface area contributed by atoms with Crippen LogP contribution in [0, 0.1) is 19.8 Å². The van der Waals surface area contributed by atoms with E-state index in [2.05, 4.69) is 10.4 Å². The number of amides is 1. The number of carbonyl (C=O) groups excluding carboxylic acids is 1. The first-order chi connectivity index (χ1) is 9.32. The van der Waals surface area contributed by atoms with E-state index in [1.54, 1.807) is 13.8 Å². The quantitative estimate of drug-likeness (QED) is 0.807. The van der Waals surface area contributed by atoms with E-state index in [-0.39, 0.29) is 11.5 Å². The second-order valence-corrected chi connectivity index (χ2v) is 5.14. The highest BCUT2D eigenvalue weighted by Crippen LogP contribution is 2.32. The predicted molar refractivity (Wildman–Crippen MR) is 70.6 cm³/mol. The Morgan fingerprint density at radius 2 is 2.00 bits per heavy atom. The van der Waals surface area contributed by atoms with Crippen molar-refractivity contribution in [1.29, 1.82) is 0 Å². The molecule has 1 atom stereocenters. The molecule has 0 radical (unpaired) electrons. The lowest BCUT2D eigenvalue weighted by Gasteiger charge is -2.15. The maximum Gasteiger partial charge on any atom is 0.326 e. The molecule has 0 aliphatic heterocycles. The van der Waals surface area contributed by atoms with Gasteiger partial charge in [0.25, 0.3) is 11.5 Å². The Morgan fingerprint density at radius 1 is 1.40 bits per heavy atom. The van der Waals surface area contributed by atoms with Gasteiger partial charge < -0.3 is 10.4 Å². The number of nitrogens with one attached hydrogen (secondary N) is 1. The molecule has 1 unspecified atom stereocenters. The second-order valence-electron chi connectivity index (χ2n) is 5.14. The van der Waals surface area contributed by atoms with Gasteiger partial charge >= 0.3 is 5.97 Å². The predicted octanol–water partition coefficient (Wildman–Crippen LogP) is -0.00986. The summed E-state index contributed by atoms with van der Waals surface area (Å²) in [6, 6.07) is -0.930. The molecule has 20 heavy (non-hydrogen) atoms. The summed E-state index contributed by atoms with van der Waals surface area (Å²) in [6.45, 7) is 3.33. The number of carbonyl (C=O) groups is 2. The molecule has 1 fully saturated rings. The Balaban J connectivity index is 2.34. The first-order valence-corrected chi connectivity index (χ1v) is 6.41. The summed E-state index contributed by atoms with van der Waals surface area (Å²) < 4.78 is 1.09. The lowest BCUT2D eigenvalue weighted by Crippen LogP contribution is -2.45. The maximum atomic E-state index is 12.2. The van der Waals surface area contributed by atoms with Crippen LogP contribution in [-0.2, 0) is 11.8 Å². The van der Waals surface area contributed by atoms with Crippen LogP contribution in [0.5, 0.6) is 0 Å². The van der Waals surface area contributed by atoms with Crippen molar-refractivity contribution < 1.29 is 14.7 Å². The van der Waals surface area contributed by atoms with Crippen molar-refractivity contribution in [3.8, 4) is 0 Å². The molecule has 108 valence electrons. The third-order valence-electron chi connectivity index (χ3n) is 3.60. The third-order valence-corrected chi connectivity index (χ3v) is 3.60. The Morgan fingerprint density at radius 3 is 2.50 bits per heavy atom. The molecular formula is C13H17N3O4. The summed E-state index contributed by atoms with van der Waals surface area (Å²) in [5, 5.41) is 15.6. The van der Waals surface area contributed by atoms with Gasteiger partial charge in [-0.3, -0.25) is 9.59 Å². The van der Waals surface area contributed by atoms with Gasteiger partial charge in [-0.15, -0.1) is 0 Å². The van der Waals surface area contributed by atoms with Crippen molar-refractivity contribution in [1.82, 2.24) is 15.1 Å². The van der Waals surface area contributed by atoms with Gasteiger partial charge in [0, 0.05) is 7.05 Å². The summed E-state index contributed by atoms with van der Waals surface area (Å²) in [7, 11) is 1.46. The van der Waals surface area contributed by atoms with Gasteiger partial charge in [-0.1, -0.05) is 0 Å². The van der Waals surface area contributed by atoms with Gasteiger partial charge in [0.15, 0.2) is 0 Å². The van der Waals surface area contributed by atoms with E-state index < -0.39 is 23.5 Å². The van der Waals surface area contributed by atoms with Crippen LogP contribution in [0.15, 0.2) is 4.79 Å². The average Bonchev–Trinajstić information content (AvgIpc) is 3.17. The fourth-order valence-corrected chi connectivity index (χ4v) is 2.14. The second kappa shape index (κ2) is 5.07. The Labute approximate surface area is 115 Å². The molecule has 1 amide bonds. The molecular weight excluding hydrogens is 262 g/mol. The summed E-state index contributed by atoms with van der Waals surface area (Å²) in [4.78, 5) is 35.4. The zero-order valence-corrected chi connectivity index (χ0v) is 11.6. The van der Waals surface area contributed by atoms with Crippen molar-refractivity contribution in [2.45, 2.75) is 32.7 Å². The molecule has 1 aromatic heterocycles. The van der Waals surface area contributed by atoms with E-state index in [4.69, 9.17) is 5.11 Å². The molecule has 0 saturated heterocycles. The number of hydrogen-bond donors (Lipinski definition) is 2. The number of aliphatic carboxylic acids is 1. The Kier molecular flexibility index (Phi) is 3.61. The number of carboxylic acid groups (broad SMARTS) is 1. The van der Waals surface area contributed by atoms with E-state index in [9.17, 15) is 14.4 Å². The highest BCUT2D eigenvalue weighted by atomic mass is 16.4. The fraction of sp³-hybridized carbons (Fsp3) is 0.538. The average molecular weight is 279 g/mol. The van der Waals surface area contributed by atoms with Crippen molar-refractivity contribution in [3.05, 3.63) is 27.2 Å². The molecule has 2 rings (SSSR count). The molecule has 7 nitrogen and oxygen atoms in total. The van der Waals surface area contributed by atoms with E-state index in [1.807, 2.05) is 0 Å². The zero-order chi connectivity index (χ0) is 15.0. The summed E-state index contributed by atoms with van der Waals surface area (Å²) in [5.74, 6) is -1.75. The minimum atomic E-state index is -1.07. The Bertz CT molecular complexity index is 631. The molecule has 7 heteroatoms. The molecule has 0 spiro atoms. The third kappa shape index (κ3) is 2.56. The molecule has 1 aromatic rings. The standard InChI is InChI=1S/C13H17N3O4/c1-6-7(2)15-16(3)12(18)9(6)11(17)14-10(13(19)20)8-4-5-8/h8,10H,4-5H2,1-3H3,(H,14,17)(H,19,20). The molecule has 0 bridgehead atoms. The van der Waals surface area contributed by atoms with Crippen LogP contribution in [-0.4, -0.2) is 32.8 Å². The minimum absolute atomic E-state index is 0.0353. The van der Waals surface area contributed by atoms with Gasteiger partial charge in [0.1, 0.15) is 11.6 Å². The molecule has 0 aromatic carbocycles. The number of aromatic nitrogens is 2. The van der Waals surface area contributed by atoms with Crippen LogP contribution in [0.25, 0.3) is 0 Å². The summed E-state index contributed by atoms with van der Waals surface area (Å²) in [6.07, 6.45) is 1.56. The van der Waals surface area contributed by atoms with Crippen molar-refractivity contribution >= 4 is 11.9 Å². The summed E-state index contributed by atoms with van der Waals surface area (Å²) >= 11 is 0. The number of hydrogen-bond acceptors (Lipinski definition) is 4. The van der Waals surface area contributed by atoms with E-state index >= 15 is 0 Å². The SMILES string of the molecule is Cc1nn(C)c(=O)c(C(=O)NC(C(=O)O)C2CC2)c1C. The van der Waals surface area contributed by atoms with Gasteiger partial charge in [-0.05, 0) is 38.2 Å². The first kappa shape index (κ1) is 14.2. The zero-order valence-electron chi connectivity index (χ0n) is 11.6. The highest BCUT2D eigenvalue weighted by Gasteiger charge is 2.38. The van der Waals surface area contributed by atoms with E-state index in [1.165, 1.54) is 7.05 Å². The number of aryl methyl sites for hydroxylation is 2. The van der Waals surface area contributed by atoms with Crippen LogP contribution in [0.3, 0.4) is 0 Å². The first-order valence-electron chi connectivity index (χ1n) is 6.41. The molecule has 1 heterocycles. The van der Waals surface area contributed by atoms with Gasteiger partial charge in [0.2, 0.25) is 0 Å². The number of nitrogens with zero attached hydrogens (tertiary/aromatic N) is 2. The monoisotopic (exact) mass is 279 g/mol. The molecule has 1 aliphatic carbocycles. The van der Waals surface area contributed by atoms with Crippen molar-refractivity contribution in [3.63, 3.8) is 0 Å². The van der Waals surface area contributed by atoms with Crippen LogP contribution in [0.1, 0.15) is 34.5 Å². The molecule has 2 N–H and O–H groups in total. The van der Waals surface area contributed by atoms with Gasteiger partial charge in [-0.2, -0.15) is 5.10 Å². The van der Waals surface area contributed by atoms with Crippen LogP contribution < -0.4 is 10.9 Å². The van der Waals surface area contributed by atoms with Crippen molar-refractivity contribution in [2.24, 2.45) is 13.0 Å². The van der Waals surface area contributed by atoms with E-state index in [0.29, 0.717) is 11.3 Å². The van der Waals surface area contributed by atoms with Crippen LogP contribution in [0.4, 0.5) is 0 Å². The molecule has 1 aliphatic rings. The largest absolute Gasteiger partial charge is 0.480 e. The topological polar surface area (TPSA) is 101 Å². The van der Waals surface area contributed by atoms with E-state index in [0.717, 1.165) is 17.5 Å². The van der Waals surface area contributed by atoms with Gasteiger partial charge in [0.05, 0.1) is 5.69 Å². The van der Waals surface area contributed by atoms with Crippen LogP contribution >= 0.6 is 0 Å². The van der Waals surface area contributed by atoms with Crippen molar-refractivity contribution in [2.75, 3.05) is 0 Å². The maximum absolute atomic E-state index is 12.2. The van der Waals surface area contributed by atoms with Crippen LogP contribution in [0.2, 0.25) is 0 Å². The minimum Gasteiger partial charge on any atom is -0.480 e. The lowest BCUT2D eigenvalue weighted by atomic mass is 10.1. The smallest absolute Gasteiger partial charge is 0.326 e. The number of carboxylic acids is 1. The highest BCUT2D eigenvalue weighted by molar-refractivity contribution is 5.97. The Hall–Kier alpha value is -2.18. The normalized spacial score (nSPS) is 15.8.